The Labute approximate surface area is 184 Å². The molecule has 0 saturated carbocycles. The lowest BCUT2D eigenvalue weighted by atomic mass is 10.0. The molecule has 0 aliphatic heterocycles. The van der Waals surface area contributed by atoms with Gasteiger partial charge in [-0.3, -0.25) is 9.59 Å². The van der Waals surface area contributed by atoms with Crippen molar-refractivity contribution < 1.29 is 9.59 Å². The van der Waals surface area contributed by atoms with Crippen LogP contribution < -0.4 is 10.2 Å². The van der Waals surface area contributed by atoms with Gasteiger partial charge in [-0.25, -0.2) is 0 Å². The van der Waals surface area contributed by atoms with Crippen LogP contribution in [-0.2, 0) is 4.79 Å². The monoisotopic (exact) mass is 473 g/mol. The molecule has 0 aliphatic carbocycles. The number of halogens is 2. The van der Waals surface area contributed by atoms with E-state index in [1.54, 1.807) is 42.5 Å². The van der Waals surface area contributed by atoms with E-state index < -0.39 is 0 Å². The summed E-state index contributed by atoms with van der Waals surface area (Å²) in [6.07, 6.45) is 0.289. The number of hydrogen-bond donors (Lipinski definition) is 1. The zero-order valence-electron chi connectivity index (χ0n) is 16.0. The SMILES string of the molecule is C=C(Br)CN(C(=O)CNC(C)CC#N)c1ccc(Cl)cc1C(=O)c1ccccc1. The summed E-state index contributed by atoms with van der Waals surface area (Å²) in [6, 6.07) is 15.6. The molecule has 0 bridgehead atoms. The van der Waals surface area contributed by atoms with Crippen LogP contribution in [0.15, 0.2) is 59.6 Å². The lowest BCUT2D eigenvalue weighted by Crippen LogP contribution is -2.42. The van der Waals surface area contributed by atoms with Gasteiger partial charge in [-0.2, -0.15) is 5.26 Å². The van der Waals surface area contributed by atoms with Gasteiger partial charge in [-0.1, -0.05) is 64.4 Å². The average molecular weight is 475 g/mol. The maximum atomic E-state index is 13.1. The largest absolute Gasteiger partial charge is 0.306 e. The zero-order valence-corrected chi connectivity index (χ0v) is 18.3. The van der Waals surface area contributed by atoms with Crippen molar-refractivity contribution in [1.29, 1.82) is 5.26 Å². The molecule has 2 rings (SSSR count). The molecule has 2 aromatic carbocycles. The number of hydrogen-bond acceptors (Lipinski definition) is 4. The Hall–Kier alpha value is -2.46. The van der Waals surface area contributed by atoms with E-state index >= 15 is 0 Å². The van der Waals surface area contributed by atoms with E-state index in [4.69, 9.17) is 16.9 Å². The molecule has 0 spiro atoms. The fraction of sp³-hybridized carbons (Fsp3) is 0.227. The van der Waals surface area contributed by atoms with Crippen molar-refractivity contribution in [3.8, 4) is 6.07 Å². The highest BCUT2D eigenvalue weighted by Crippen LogP contribution is 2.28. The predicted octanol–water partition coefficient (Wildman–Crippen LogP) is 4.70. The normalized spacial score (nSPS) is 11.4. The predicted molar refractivity (Wildman–Crippen MR) is 119 cm³/mol. The van der Waals surface area contributed by atoms with Gasteiger partial charge < -0.3 is 10.2 Å². The van der Waals surface area contributed by atoms with E-state index in [0.717, 1.165) is 0 Å². The van der Waals surface area contributed by atoms with E-state index in [2.05, 4.69) is 33.9 Å². The van der Waals surface area contributed by atoms with Gasteiger partial charge in [0, 0.05) is 26.7 Å². The van der Waals surface area contributed by atoms with Gasteiger partial charge in [0.15, 0.2) is 5.78 Å². The quantitative estimate of drug-likeness (QED) is 0.535. The molecule has 1 N–H and O–H groups in total. The number of anilines is 1. The minimum atomic E-state index is -0.250. The molecule has 29 heavy (non-hydrogen) atoms. The smallest absolute Gasteiger partial charge is 0.241 e. The summed E-state index contributed by atoms with van der Waals surface area (Å²) in [7, 11) is 0. The first kappa shape index (κ1) is 22.8. The van der Waals surface area contributed by atoms with Crippen LogP contribution in [0.5, 0.6) is 0 Å². The third-order valence-electron chi connectivity index (χ3n) is 4.16. The highest BCUT2D eigenvalue weighted by atomic mass is 79.9. The Kier molecular flexibility index (Phi) is 8.59. The Balaban J connectivity index is 2.40. The minimum Gasteiger partial charge on any atom is -0.306 e. The van der Waals surface area contributed by atoms with E-state index in [0.29, 0.717) is 26.3 Å². The minimum absolute atomic E-state index is 0.0186. The Morgan fingerprint density at radius 3 is 2.59 bits per heavy atom. The summed E-state index contributed by atoms with van der Waals surface area (Å²) >= 11 is 9.45. The molecule has 1 atom stereocenters. The molecule has 0 saturated heterocycles. The summed E-state index contributed by atoms with van der Waals surface area (Å²) in [6.45, 7) is 5.86. The number of nitriles is 1. The van der Waals surface area contributed by atoms with Crippen LogP contribution in [0.4, 0.5) is 5.69 Å². The molecule has 1 unspecified atom stereocenters. The molecule has 0 radical (unpaired) electrons. The van der Waals surface area contributed by atoms with E-state index in [-0.39, 0.29) is 37.2 Å². The molecule has 0 heterocycles. The number of amides is 1. The van der Waals surface area contributed by atoms with Gasteiger partial charge >= 0.3 is 0 Å². The third kappa shape index (κ3) is 6.53. The van der Waals surface area contributed by atoms with E-state index in [9.17, 15) is 9.59 Å². The van der Waals surface area contributed by atoms with E-state index in [1.807, 2.05) is 13.0 Å². The molecule has 0 aromatic heterocycles. The second-order valence-electron chi connectivity index (χ2n) is 6.50. The Bertz CT molecular complexity index is 941. The van der Waals surface area contributed by atoms with E-state index in [1.165, 1.54) is 4.90 Å². The lowest BCUT2D eigenvalue weighted by Gasteiger charge is -2.26. The van der Waals surface area contributed by atoms with Crippen LogP contribution in [-0.4, -0.2) is 30.8 Å². The van der Waals surface area contributed by atoms with Gasteiger partial charge in [-0.05, 0) is 25.1 Å². The second kappa shape index (κ2) is 10.9. The number of nitrogens with zero attached hydrogens (tertiary/aromatic N) is 2. The summed E-state index contributed by atoms with van der Waals surface area (Å²) in [4.78, 5) is 27.5. The van der Waals surface area contributed by atoms with Crippen LogP contribution in [0, 0.1) is 11.3 Å². The van der Waals surface area contributed by atoms with Crippen LogP contribution in [0.3, 0.4) is 0 Å². The number of nitrogens with one attached hydrogen (secondary N) is 1. The number of ketones is 1. The average Bonchev–Trinajstić information content (AvgIpc) is 2.70. The van der Waals surface area contributed by atoms with Crippen molar-refractivity contribution in [2.45, 2.75) is 19.4 Å². The van der Waals surface area contributed by atoms with Gasteiger partial charge in [0.1, 0.15) is 0 Å². The second-order valence-corrected chi connectivity index (χ2v) is 8.06. The van der Waals surface area contributed by atoms with Crippen LogP contribution in [0.2, 0.25) is 5.02 Å². The summed E-state index contributed by atoms with van der Waals surface area (Å²) < 4.78 is 0.587. The van der Waals surface area contributed by atoms with Gasteiger partial charge in [0.05, 0.1) is 31.3 Å². The van der Waals surface area contributed by atoms with Crippen molar-refractivity contribution in [3.63, 3.8) is 0 Å². The highest BCUT2D eigenvalue weighted by Gasteiger charge is 2.23. The maximum absolute atomic E-state index is 13.1. The molecular weight excluding hydrogens is 454 g/mol. The van der Waals surface area contributed by atoms with Gasteiger partial charge in [0.2, 0.25) is 5.91 Å². The number of carbonyl (C=O) groups is 2. The molecule has 7 heteroatoms. The highest BCUT2D eigenvalue weighted by molar-refractivity contribution is 9.11. The number of carbonyl (C=O) groups excluding carboxylic acids is 2. The molecule has 5 nitrogen and oxygen atoms in total. The number of rotatable bonds is 9. The Morgan fingerprint density at radius 2 is 1.97 bits per heavy atom. The van der Waals surface area contributed by atoms with Crippen LogP contribution in [0.25, 0.3) is 0 Å². The molecule has 0 fully saturated rings. The first-order valence-corrected chi connectivity index (χ1v) is 10.1. The molecule has 1 amide bonds. The van der Waals surface area contributed by atoms with Crippen molar-refractivity contribution >= 4 is 44.9 Å². The molecule has 2 aromatic rings. The summed E-state index contributed by atoms with van der Waals surface area (Å²) in [5.41, 5.74) is 1.28. The number of benzene rings is 2. The van der Waals surface area contributed by atoms with Gasteiger partial charge in [0.25, 0.3) is 0 Å². The van der Waals surface area contributed by atoms with Crippen molar-refractivity contribution in [2.75, 3.05) is 18.0 Å². The Morgan fingerprint density at radius 1 is 1.28 bits per heavy atom. The van der Waals surface area contributed by atoms with Crippen molar-refractivity contribution in [1.82, 2.24) is 5.32 Å². The molecular formula is C22H21BrClN3O2. The fourth-order valence-electron chi connectivity index (χ4n) is 2.72. The topological polar surface area (TPSA) is 73.2 Å². The first-order chi connectivity index (χ1) is 13.8. The van der Waals surface area contributed by atoms with Gasteiger partial charge in [-0.15, -0.1) is 0 Å². The van der Waals surface area contributed by atoms with Crippen LogP contribution in [0.1, 0.15) is 29.3 Å². The maximum Gasteiger partial charge on any atom is 0.241 e. The fourth-order valence-corrected chi connectivity index (χ4v) is 3.14. The van der Waals surface area contributed by atoms with Crippen molar-refractivity contribution in [2.24, 2.45) is 0 Å². The van der Waals surface area contributed by atoms with Crippen molar-refractivity contribution in [3.05, 3.63) is 75.7 Å². The lowest BCUT2D eigenvalue weighted by molar-refractivity contribution is -0.117. The zero-order chi connectivity index (χ0) is 21.4. The first-order valence-electron chi connectivity index (χ1n) is 8.96. The summed E-state index contributed by atoms with van der Waals surface area (Å²) in [5, 5.41) is 12.2. The third-order valence-corrected chi connectivity index (χ3v) is 4.65. The molecule has 150 valence electrons. The standard InChI is InChI=1S/C22H21BrClN3O2/c1-15(23)14-27(21(28)13-26-16(2)10-11-25)20-9-8-18(24)12-19(20)22(29)17-6-4-3-5-7-17/h3-9,12,16,26H,1,10,13-14H2,2H3. The summed E-state index contributed by atoms with van der Waals surface area (Å²) in [5.74, 6) is -0.480. The molecule has 0 aliphatic rings. The van der Waals surface area contributed by atoms with Crippen LogP contribution >= 0.6 is 27.5 Å².